The van der Waals surface area contributed by atoms with E-state index in [9.17, 15) is 9.90 Å². The number of rotatable bonds is 7. The molecule has 7 nitrogen and oxygen atoms in total. The minimum atomic E-state index is -0.994. The lowest BCUT2D eigenvalue weighted by molar-refractivity contribution is 0.0694. The summed E-state index contributed by atoms with van der Waals surface area (Å²) in [5, 5.41) is 9.74. The van der Waals surface area contributed by atoms with E-state index < -0.39 is 5.97 Å². The van der Waals surface area contributed by atoms with E-state index in [4.69, 9.17) is 18.9 Å². The van der Waals surface area contributed by atoms with E-state index in [0.717, 1.165) is 18.5 Å². The second kappa shape index (κ2) is 8.61. The third-order valence-electron chi connectivity index (χ3n) is 5.52. The maximum absolute atomic E-state index is 11.9. The van der Waals surface area contributed by atoms with E-state index in [1.807, 2.05) is 19.2 Å². The molecule has 1 aliphatic heterocycles. The molecule has 29 heavy (non-hydrogen) atoms. The first-order valence-corrected chi connectivity index (χ1v) is 9.36. The summed E-state index contributed by atoms with van der Waals surface area (Å²) < 4.78 is 21.6. The Morgan fingerprint density at radius 1 is 0.966 bits per heavy atom. The Morgan fingerprint density at radius 3 is 2.10 bits per heavy atom. The highest BCUT2D eigenvalue weighted by atomic mass is 16.5. The largest absolute Gasteiger partial charge is 0.493 e. The average molecular weight is 401 g/mol. The molecule has 0 fully saturated rings. The number of hydrogen-bond acceptors (Lipinski definition) is 6. The molecule has 0 saturated heterocycles. The minimum Gasteiger partial charge on any atom is -0.493 e. The standard InChI is InChI=1S/C22H27NO6/c1-23-7-6-13-9-18(26-2)20(28-4)11-15(13)17(23)8-14-10-19(27-3)21(29-5)12-16(14)22(24)25/h9-12,17H,6-8H2,1-5H3,(H,24,25). The fourth-order valence-electron chi connectivity index (χ4n) is 3.92. The van der Waals surface area contributed by atoms with Gasteiger partial charge in [0.2, 0.25) is 0 Å². The molecule has 7 heteroatoms. The molecule has 2 aromatic carbocycles. The molecule has 0 amide bonds. The monoisotopic (exact) mass is 401 g/mol. The highest BCUT2D eigenvalue weighted by molar-refractivity contribution is 5.90. The molecule has 0 saturated carbocycles. The molecular weight excluding hydrogens is 374 g/mol. The normalized spacial score (nSPS) is 16.1. The Morgan fingerprint density at radius 2 is 1.52 bits per heavy atom. The Hall–Kier alpha value is -2.93. The summed E-state index contributed by atoms with van der Waals surface area (Å²) in [6, 6.07) is 7.28. The number of fused-ring (bicyclic) bond motifs is 1. The molecule has 0 spiro atoms. The first-order chi connectivity index (χ1) is 13.9. The van der Waals surface area contributed by atoms with E-state index in [2.05, 4.69) is 4.90 Å². The quantitative estimate of drug-likeness (QED) is 0.763. The van der Waals surface area contributed by atoms with Crippen LogP contribution in [-0.4, -0.2) is 58.0 Å². The zero-order chi connectivity index (χ0) is 21.1. The SMILES string of the molecule is COc1cc(CC2c3cc(OC)c(OC)cc3CCN2C)c(C(=O)O)cc1OC. The van der Waals surface area contributed by atoms with Crippen LogP contribution in [0.15, 0.2) is 24.3 Å². The van der Waals surface area contributed by atoms with Crippen LogP contribution in [0.5, 0.6) is 23.0 Å². The van der Waals surface area contributed by atoms with Gasteiger partial charge in [0.25, 0.3) is 0 Å². The predicted molar refractivity (Wildman–Crippen MR) is 109 cm³/mol. The number of carbonyl (C=O) groups is 1. The van der Waals surface area contributed by atoms with E-state index >= 15 is 0 Å². The number of ether oxygens (including phenoxy) is 4. The van der Waals surface area contributed by atoms with Gasteiger partial charge in [0.05, 0.1) is 34.0 Å². The summed E-state index contributed by atoms with van der Waals surface area (Å²) in [7, 11) is 8.32. The smallest absolute Gasteiger partial charge is 0.336 e. The van der Waals surface area contributed by atoms with Crippen LogP contribution >= 0.6 is 0 Å². The second-order valence-corrected chi connectivity index (χ2v) is 7.03. The highest BCUT2D eigenvalue weighted by Crippen LogP contribution is 2.40. The first kappa shape index (κ1) is 20.8. The Balaban J connectivity index is 2.08. The third kappa shape index (κ3) is 3.96. The van der Waals surface area contributed by atoms with Gasteiger partial charge in [-0.25, -0.2) is 4.79 Å². The van der Waals surface area contributed by atoms with Gasteiger partial charge in [-0.1, -0.05) is 0 Å². The number of hydrogen-bond donors (Lipinski definition) is 1. The molecule has 2 aromatic rings. The lowest BCUT2D eigenvalue weighted by Crippen LogP contribution is -2.33. The van der Waals surface area contributed by atoms with Gasteiger partial charge < -0.3 is 24.1 Å². The van der Waals surface area contributed by atoms with Crippen LogP contribution in [0.1, 0.15) is 33.1 Å². The molecular formula is C22H27NO6. The van der Waals surface area contributed by atoms with Crippen LogP contribution in [0.3, 0.4) is 0 Å². The second-order valence-electron chi connectivity index (χ2n) is 7.03. The number of aromatic carboxylic acids is 1. The Labute approximate surface area is 170 Å². The van der Waals surface area contributed by atoms with Gasteiger partial charge in [-0.2, -0.15) is 0 Å². The van der Waals surface area contributed by atoms with E-state index in [0.29, 0.717) is 35.0 Å². The van der Waals surface area contributed by atoms with Crippen molar-refractivity contribution in [3.63, 3.8) is 0 Å². The summed E-state index contributed by atoms with van der Waals surface area (Å²) in [5.41, 5.74) is 3.20. The van der Waals surface area contributed by atoms with Crippen molar-refractivity contribution in [2.75, 3.05) is 42.0 Å². The van der Waals surface area contributed by atoms with Crippen LogP contribution in [0.2, 0.25) is 0 Å². The van der Waals surface area contributed by atoms with Crippen molar-refractivity contribution >= 4 is 5.97 Å². The summed E-state index contributed by atoms with van der Waals surface area (Å²) in [6.07, 6.45) is 1.40. The van der Waals surface area contributed by atoms with Crippen molar-refractivity contribution in [2.24, 2.45) is 0 Å². The van der Waals surface area contributed by atoms with Gasteiger partial charge in [-0.05, 0) is 60.8 Å². The molecule has 1 heterocycles. The van der Waals surface area contributed by atoms with Crippen molar-refractivity contribution in [1.82, 2.24) is 4.90 Å². The van der Waals surface area contributed by atoms with Gasteiger partial charge in [0, 0.05) is 12.6 Å². The maximum Gasteiger partial charge on any atom is 0.336 e. The van der Waals surface area contributed by atoms with Crippen molar-refractivity contribution < 1.29 is 28.8 Å². The lowest BCUT2D eigenvalue weighted by atomic mass is 9.87. The Bertz CT molecular complexity index is 911. The zero-order valence-corrected chi connectivity index (χ0v) is 17.4. The first-order valence-electron chi connectivity index (χ1n) is 9.36. The van der Waals surface area contributed by atoms with Crippen LogP contribution in [-0.2, 0) is 12.8 Å². The average Bonchev–Trinajstić information content (AvgIpc) is 2.73. The third-order valence-corrected chi connectivity index (χ3v) is 5.52. The number of carboxylic acids is 1. The molecule has 1 atom stereocenters. The van der Waals surface area contributed by atoms with Gasteiger partial charge in [-0.3, -0.25) is 4.90 Å². The van der Waals surface area contributed by atoms with Crippen molar-refractivity contribution in [3.8, 4) is 23.0 Å². The molecule has 1 aliphatic rings. The summed E-state index contributed by atoms with van der Waals surface area (Å²) >= 11 is 0. The number of methoxy groups -OCH3 is 4. The van der Waals surface area contributed by atoms with Gasteiger partial charge >= 0.3 is 5.97 Å². The van der Waals surface area contributed by atoms with Crippen molar-refractivity contribution in [3.05, 3.63) is 46.5 Å². The number of benzene rings is 2. The van der Waals surface area contributed by atoms with Crippen LogP contribution in [0.4, 0.5) is 0 Å². The molecule has 1 N–H and O–H groups in total. The number of likely N-dealkylation sites (N-methyl/N-ethyl adjacent to an activating group) is 1. The molecule has 0 aliphatic carbocycles. The molecule has 3 rings (SSSR count). The van der Waals surface area contributed by atoms with Gasteiger partial charge in [-0.15, -0.1) is 0 Å². The van der Waals surface area contributed by atoms with Gasteiger partial charge in [0.15, 0.2) is 23.0 Å². The van der Waals surface area contributed by atoms with Crippen LogP contribution in [0, 0.1) is 0 Å². The van der Waals surface area contributed by atoms with E-state index in [1.165, 1.54) is 18.7 Å². The number of nitrogens with zero attached hydrogens (tertiary/aromatic N) is 1. The molecule has 1 unspecified atom stereocenters. The van der Waals surface area contributed by atoms with E-state index in [1.54, 1.807) is 27.4 Å². The van der Waals surface area contributed by atoms with Crippen LogP contribution < -0.4 is 18.9 Å². The predicted octanol–water partition coefficient (Wildman–Crippen LogP) is 3.19. The lowest BCUT2D eigenvalue weighted by Gasteiger charge is -2.35. The van der Waals surface area contributed by atoms with Crippen molar-refractivity contribution in [1.29, 1.82) is 0 Å². The summed E-state index contributed by atoms with van der Waals surface area (Å²) in [4.78, 5) is 14.1. The molecule has 0 radical (unpaired) electrons. The molecule has 0 bridgehead atoms. The van der Waals surface area contributed by atoms with Gasteiger partial charge in [0.1, 0.15) is 0 Å². The van der Waals surface area contributed by atoms with E-state index in [-0.39, 0.29) is 11.6 Å². The molecule has 156 valence electrons. The fourth-order valence-corrected chi connectivity index (χ4v) is 3.92. The summed E-state index contributed by atoms with van der Waals surface area (Å²) in [5.74, 6) is 1.28. The fraction of sp³-hybridized carbons (Fsp3) is 0.409. The maximum atomic E-state index is 11.9. The van der Waals surface area contributed by atoms with Crippen LogP contribution in [0.25, 0.3) is 0 Å². The number of carboxylic acid groups (broad SMARTS) is 1. The zero-order valence-electron chi connectivity index (χ0n) is 17.4. The summed E-state index contributed by atoms with van der Waals surface area (Å²) in [6.45, 7) is 0.864. The highest BCUT2D eigenvalue weighted by Gasteiger charge is 2.29. The molecule has 0 aromatic heterocycles. The minimum absolute atomic E-state index is 0.00485. The Kier molecular flexibility index (Phi) is 6.17. The topological polar surface area (TPSA) is 77.5 Å². The van der Waals surface area contributed by atoms with Crippen molar-refractivity contribution in [2.45, 2.75) is 18.9 Å².